The van der Waals surface area contributed by atoms with Gasteiger partial charge in [0, 0.05) is 17.1 Å². The van der Waals surface area contributed by atoms with E-state index in [0.29, 0.717) is 20.0 Å². The molecular formula is C24H21N3O6. The van der Waals surface area contributed by atoms with Crippen LogP contribution in [-0.4, -0.2) is 53.2 Å². The second-order valence-electron chi connectivity index (χ2n) is 7.60. The van der Waals surface area contributed by atoms with Gasteiger partial charge in [-0.1, -0.05) is 0 Å². The molecule has 0 bridgehead atoms. The molecule has 0 amide bonds. The molecule has 4 rings (SSSR count). The lowest BCUT2D eigenvalue weighted by atomic mass is 10.1. The minimum absolute atomic E-state index is 0.193. The highest BCUT2D eigenvalue weighted by Gasteiger charge is 2.25. The third-order valence-corrected chi connectivity index (χ3v) is 5.46. The van der Waals surface area contributed by atoms with Crippen molar-refractivity contribution in [3.63, 3.8) is 0 Å². The molecule has 0 spiro atoms. The molecule has 1 saturated heterocycles. The molecule has 3 aromatic rings. The normalized spacial score (nSPS) is 13.6. The molecule has 0 aromatic heterocycles. The third-order valence-electron chi connectivity index (χ3n) is 5.46. The maximum Gasteiger partial charge on any atom is 0.335 e. The number of hydrogen-bond acceptors (Lipinski definition) is 6. The summed E-state index contributed by atoms with van der Waals surface area (Å²) in [4.78, 5) is 39.7. The Morgan fingerprint density at radius 2 is 0.667 bits per heavy atom. The predicted molar refractivity (Wildman–Crippen MR) is 122 cm³/mol. The molecule has 168 valence electrons. The number of carbonyl (C=O) groups is 3. The van der Waals surface area contributed by atoms with E-state index in [-0.39, 0.29) is 16.7 Å². The molecule has 0 saturated carbocycles. The van der Waals surface area contributed by atoms with Gasteiger partial charge in [0.15, 0.2) is 0 Å². The topological polar surface area (TPSA) is 122 Å². The van der Waals surface area contributed by atoms with Crippen molar-refractivity contribution in [3.8, 4) is 0 Å². The van der Waals surface area contributed by atoms with Crippen molar-refractivity contribution in [3.05, 3.63) is 89.5 Å². The highest BCUT2D eigenvalue weighted by molar-refractivity contribution is 5.89. The summed E-state index contributed by atoms with van der Waals surface area (Å²) in [5.41, 5.74) is 3.03. The fraction of sp³-hybridized carbons (Fsp3) is 0.125. The minimum atomic E-state index is -1.000. The molecule has 0 atom stereocenters. The van der Waals surface area contributed by atoms with Crippen LogP contribution in [0.4, 0.5) is 17.1 Å². The van der Waals surface area contributed by atoms with Gasteiger partial charge in [-0.25, -0.2) is 14.4 Å². The van der Waals surface area contributed by atoms with Gasteiger partial charge in [-0.15, -0.1) is 0 Å². The molecule has 0 aliphatic carbocycles. The average Bonchev–Trinajstić information content (AvgIpc) is 2.84. The van der Waals surface area contributed by atoms with Gasteiger partial charge < -0.3 is 30.0 Å². The monoisotopic (exact) mass is 447 g/mol. The van der Waals surface area contributed by atoms with Crippen molar-refractivity contribution in [2.24, 2.45) is 0 Å². The van der Waals surface area contributed by atoms with E-state index < -0.39 is 17.9 Å². The molecule has 1 heterocycles. The van der Waals surface area contributed by atoms with Crippen molar-refractivity contribution >= 4 is 35.0 Å². The predicted octanol–water partition coefficient (Wildman–Crippen LogP) is 3.49. The summed E-state index contributed by atoms with van der Waals surface area (Å²) in [5, 5.41) is 27.5. The molecule has 1 aliphatic rings. The largest absolute Gasteiger partial charge is 0.478 e. The van der Waals surface area contributed by atoms with Crippen molar-refractivity contribution in [2.45, 2.75) is 0 Å². The van der Waals surface area contributed by atoms with E-state index in [9.17, 15) is 29.7 Å². The Hall–Kier alpha value is -4.53. The quantitative estimate of drug-likeness (QED) is 0.521. The van der Waals surface area contributed by atoms with Crippen LogP contribution in [0.5, 0.6) is 0 Å². The minimum Gasteiger partial charge on any atom is -0.478 e. The van der Waals surface area contributed by atoms with E-state index in [4.69, 9.17) is 0 Å². The Bertz CT molecular complexity index is 1020. The molecule has 33 heavy (non-hydrogen) atoms. The van der Waals surface area contributed by atoms with Crippen LogP contribution in [0, 0.1) is 0 Å². The summed E-state index contributed by atoms with van der Waals surface area (Å²) in [7, 11) is 0. The number of anilines is 3. The first kappa shape index (κ1) is 21.7. The second kappa shape index (κ2) is 8.91. The van der Waals surface area contributed by atoms with Crippen molar-refractivity contribution in [1.82, 2.24) is 0 Å². The molecule has 9 nitrogen and oxygen atoms in total. The van der Waals surface area contributed by atoms with Gasteiger partial charge in [-0.3, -0.25) is 0 Å². The van der Waals surface area contributed by atoms with E-state index in [2.05, 4.69) is 0 Å². The van der Waals surface area contributed by atoms with E-state index in [1.807, 2.05) is 14.7 Å². The molecule has 1 aliphatic heterocycles. The zero-order valence-electron chi connectivity index (χ0n) is 17.5. The average molecular weight is 447 g/mol. The Balaban J connectivity index is 1.65. The van der Waals surface area contributed by atoms with Gasteiger partial charge in [0.1, 0.15) is 0 Å². The summed E-state index contributed by atoms with van der Waals surface area (Å²) in [6.07, 6.45) is 0. The highest BCUT2D eigenvalue weighted by Crippen LogP contribution is 2.27. The van der Waals surface area contributed by atoms with Crippen LogP contribution in [0.2, 0.25) is 0 Å². The number of aromatic carboxylic acids is 3. The molecule has 3 N–H and O–H groups in total. The fourth-order valence-corrected chi connectivity index (χ4v) is 3.69. The first-order chi connectivity index (χ1) is 15.8. The van der Waals surface area contributed by atoms with Gasteiger partial charge >= 0.3 is 17.9 Å². The van der Waals surface area contributed by atoms with Crippen LogP contribution in [0.15, 0.2) is 72.8 Å². The van der Waals surface area contributed by atoms with Crippen LogP contribution >= 0.6 is 0 Å². The highest BCUT2D eigenvalue weighted by atomic mass is 16.4. The number of rotatable bonds is 6. The zero-order chi connectivity index (χ0) is 23.5. The van der Waals surface area contributed by atoms with Crippen LogP contribution < -0.4 is 14.7 Å². The lowest BCUT2D eigenvalue weighted by Gasteiger charge is -2.45. The number of benzene rings is 3. The first-order valence-corrected chi connectivity index (χ1v) is 10.1. The smallest absolute Gasteiger partial charge is 0.335 e. The SMILES string of the molecule is O=C(O)c1ccc(N2CN(c3ccc(C(=O)O)cc3)CN(c3ccc(C(=O)O)cc3)C2)cc1. The fourth-order valence-electron chi connectivity index (χ4n) is 3.69. The Kier molecular flexibility index (Phi) is 5.86. The summed E-state index contributed by atoms with van der Waals surface area (Å²) >= 11 is 0. The lowest BCUT2D eigenvalue weighted by molar-refractivity contribution is 0.0686. The number of hydrogen-bond donors (Lipinski definition) is 3. The summed E-state index contributed by atoms with van der Waals surface area (Å²) in [5.74, 6) is -3.00. The zero-order valence-corrected chi connectivity index (χ0v) is 17.5. The Labute approximate surface area is 189 Å². The van der Waals surface area contributed by atoms with Crippen molar-refractivity contribution < 1.29 is 29.7 Å². The van der Waals surface area contributed by atoms with E-state index in [0.717, 1.165) is 17.1 Å². The molecule has 0 unspecified atom stereocenters. The van der Waals surface area contributed by atoms with Gasteiger partial charge in [0.25, 0.3) is 0 Å². The van der Waals surface area contributed by atoms with Crippen LogP contribution in [0.25, 0.3) is 0 Å². The molecule has 0 radical (unpaired) electrons. The van der Waals surface area contributed by atoms with E-state index >= 15 is 0 Å². The maximum absolute atomic E-state index is 11.2. The summed E-state index contributed by atoms with van der Waals surface area (Å²) in [6.45, 7) is 1.47. The Morgan fingerprint density at radius 3 is 0.848 bits per heavy atom. The van der Waals surface area contributed by atoms with E-state index in [1.54, 1.807) is 72.8 Å². The maximum atomic E-state index is 11.2. The number of carboxylic acids is 3. The molecule has 9 heteroatoms. The second-order valence-corrected chi connectivity index (χ2v) is 7.60. The van der Waals surface area contributed by atoms with Crippen LogP contribution in [0.3, 0.4) is 0 Å². The molecular weight excluding hydrogens is 426 g/mol. The molecule has 1 fully saturated rings. The Morgan fingerprint density at radius 1 is 0.455 bits per heavy atom. The van der Waals surface area contributed by atoms with Crippen molar-refractivity contribution in [1.29, 1.82) is 0 Å². The van der Waals surface area contributed by atoms with Crippen LogP contribution in [-0.2, 0) is 0 Å². The number of carboxylic acid groups (broad SMARTS) is 3. The third kappa shape index (κ3) is 4.72. The lowest BCUT2D eigenvalue weighted by Crippen LogP contribution is -2.55. The summed E-state index contributed by atoms with van der Waals surface area (Å²) < 4.78 is 0. The summed E-state index contributed by atoms with van der Waals surface area (Å²) in [6, 6.07) is 19.7. The van der Waals surface area contributed by atoms with Gasteiger partial charge in [0.2, 0.25) is 0 Å². The van der Waals surface area contributed by atoms with Crippen LogP contribution in [0.1, 0.15) is 31.1 Å². The van der Waals surface area contributed by atoms with Gasteiger partial charge in [0.05, 0.1) is 36.7 Å². The first-order valence-electron chi connectivity index (χ1n) is 10.1. The molecule has 3 aromatic carbocycles. The van der Waals surface area contributed by atoms with Crippen molar-refractivity contribution in [2.75, 3.05) is 34.7 Å². The number of nitrogens with zero attached hydrogens (tertiary/aromatic N) is 3. The van der Waals surface area contributed by atoms with Gasteiger partial charge in [-0.05, 0) is 72.8 Å². The van der Waals surface area contributed by atoms with E-state index in [1.165, 1.54) is 0 Å². The standard InChI is InChI=1S/C24H21N3O6/c28-22(29)16-1-7-19(8-2-16)25-13-26(20-9-3-17(4-10-20)23(30)31)15-27(14-25)21-11-5-18(6-12-21)24(32)33/h1-12H,13-15H2,(H,28,29)(H,30,31)(H,32,33). The van der Waals surface area contributed by atoms with Gasteiger partial charge in [-0.2, -0.15) is 0 Å².